The number of aromatic amines is 1. The van der Waals surface area contributed by atoms with Crippen molar-refractivity contribution in [3.63, 3.8) is 0 Å². The fourth-order valence-electron chi connectivity index (χ4n) is 0.308. The molecule has 1 heterocycles. The second-order valence-electron chi connectivity index (χ2n) is 1.38. The molecule has 0 spiro atoms. The fourth-order valence-corrected chi connectivity index (χ4v) is 0.308. The molecule has 0 saturated carbocycles. The Balaban J connectivity index is 0.000000180. The minimum atomic E-state index is -0.282. The molecule has 0 aliphatic carbocycles. The first-order valence-corrected chi connectivity index (χ1v) is 3.28. The second kappa shape index (κ2) is 5.02. The molecular weight excluding hydrogens is 200 g/mol. The summed E-state index contributed by atoms with van der Waals surface area (Å²) < 4.78 is 11.7. The summed E-state index contributed by atoms with van der Waals surface area (Å²) in [6, 6.07) is 2.97. The van der Waals surface area contributed by atoms with Crippen LogP contribution < -0.4 is 5.73 Å². The van der Waals surface area contributed by atoms with E-state index in [-0.39, 0.29) is 10.7 Å². The number of hydrogen-bond donors (Lipinski definition) is 3. The first-order valence-electron chi connectivity index (χ1n) is 2.43. The molecule has 0 amide bonds. The molecule has 0 saturated heterocycles. The first kappa shape index (κ1) is 9.20. The Kier molecular flexibility index (Phi) is 4.62. The van der Waals surface area contributed by atoms with Gasteiger partial charge in [-0.1, -0.05) is 0 Å². The van der Waals surface area contributed by atoms with Crippen LogP contribution in [-0.4, -0.2) is 25.7 Å². The quantitative estimate of drug-likeness (QED) is 0.317. The van der Waals surface area contributed by atoms with Crippen molar-refractivity contribution < 1.29 is 4.39 Å². The Bertz CT molecular complexity index is 181. The van der Waals surface area contributed by atoms with Gasteiger partial charge in [0, 0.05) is 6.20 Å². The van der Waals surface area contributed by atoms with Gasteiger partial charge in [0.1, 0.15) is 0 Å². The normalized spacial score (nSPS) is 7.70. The molecule has 1 aromatic heterocycles. The number of amidine groups is 1. The van der Waals surface area contributed by atoms with Crippen molar-refractivity contribution in [2.75, 3.05) is 0 Å². The van der Waals surface area contributed by atoms with Crippen molar-refractivity contribution in [3.8, 4) is 0 Å². The van der Waals surface area contributed by atoms with Crippen LogP contribution in [0.5, 0.6) is 0 Å². The van der Waals surface area contributed by atoms with E-state index in [1.165, 1.54) is 12.3 Å². The topological polar surface area (TPSA) is 65.7 Å². The molecule has 5 heteroatoms. The summed E-state index contributed by atoms with van der Waals surface area (Å²) in [4.78, 5) is 2.33. The summed E-state index contributed by atoms with van der Waals surface area (Å²) in [6.07, 6.45) is 1.54. The number of hydrogen-bond acceptors (Lipinski definition) is 1. The van der Waals surface area contributed by atoms with E-state index >= 15 is 0 Å². The molecule has 0 unspecified atom stereocenters. The van der Waals surface area contributed by atoms with Gasteiger partial charge in [-0.2, -0.15) is 4.39 Å². The maximum atomic E-state index is 11.6. The number of H-pyrrole nitrogens is 1. The molecule has 4 N–H and O–H groups in total. The molecular formula is C5H7FN3Se. The van der Waals surface area contributed by atoms with E-state index in [4.69, 9.17) is 5.41 Å². The molecule has 0 aliphatic rings. The van der Waals surface area contributed by atoms with Crippen LogP contribution >= 0.6 is 0 Å². The zero-order chi connectivity index (χ0) is 7.98. The molecule has 1 rings (SSSR count). The summed E-state index contributed by atoms with van der Waals surface area (Å²) in [5, 5.41) is 6.22. The Labute approximate surface area is 66.1 Å². The monoisotopic (exact) mass is 208 g/mol. The number of nitrogens with one attached hydrogen (secondary N) is 2. The molecule has 0 bridgehead atoms. The Morgan fingerprint density at radius 2 is 2.30 bits per heavy atom. The molecule has 0 fully saturated rings. The SMILES string of the molecule is Fc1ccc[nH]1.N=C(N)[Se]. The van der Waals surface area contributed by atoms with Crippen LogP contribution in [0.1, 0.15) is 0 Å². The number of aromatic nitrogens is 1. The second-order valence-corrected chi connectivity index (χ2v) is 2.31. The van der Waals surface area contributed by atoms with Crippen LogP contribution in [0.3, 0.4) is 0 Å². The summed E-state index contributed by atoms with van der Waals surface area (Å²) in [6.45, 7) is 0. The number of halogens is 1. The summed E-state index contributed by atoms with van der Waals surface area (Å²) in [7, 11) is 0. The molecule has 0 atom stereocenters. The van der Waals surface area contributed by atoms with Crippen LogP contribution in [0, 0.1) is 11.4 Å². The van der Waals surface area contributed by atoms with E-state index in [2.05, 4.69) is 26.7 Å². The molecule has 1 aromatic rings. The minimum absolute atomic E-state index is 0.0417. The molecule has 10 heavy (non-hydrogen) atoms. The van der Waals surface area contributed by atoms with Gasteiger partial charge in [-0.3, -0.25) is 0 Å². The number of nitrogens with two attached hydrogens (primary N) is 1. The Hall–Kier alpha value is -0.801. The Morgan fingerprint density at radius 1 is 1.80 bits per heavy atom. The predicted octanol–water partition coefficient (Wildman–Crippen LogP) is 0.202. The third kappa shape index (κ3) is 7.20. The van der Waals surface area contributed by atoms with E-state index in [1.807, 2.05) is 0 Å². The van der Waals surface area contributed by atoms with E-state index in [0.29, 0.717) is 0 Å². The maximum absolute atomic E-state index is 11.6. The van der Waals surface area contributed by atoms with E-state index in [9.17, 15) is 4.39 Å². The van der Waals surface area contributed by atoms with Gasteiger partial charge in [-0.05, 0) is 12.1 Å². The average molecular weight is 207 g/mol. The number of rotatable bonds is 0. The van der Waals surface area contributed by atoms with E-state index in [0.717, 1.165) is 0 Å². The third-order valence-corrected chi connectivity index (χ3v) is 0.560. The van der Waals surface area contributed by atoms with Crippen LogP contribution in [0.15, 0.2) is 18.3 Å². The van der Waals surface area contributed by atoms with Gasteiger partial charge in [-0.15, -0.1) is 0 Å². The third-order valence-electron chi connectivity index (χ3n) is 0.560. The molecule has 3 nitrogen and oxygen atoms in total. The van der Waals surface area contributed by atoms with Crippen molar-refractivity contribution in [1.29, 1.82) is 5.41 Å². The van der Waals surface area contributed by atoms with E-state index < -0.39 is 0 Å². The van der Waals surface area contributed by atoms with Gasteiger partial charge in [0.05, 0.1) is 0 Å². The molecule has 0 aromatic carbocycles. The average Bonchev–Trinajstić information content (AvgIpc) is 2.15. The van der Waals surface area contributed by atoms with Gasteiger partial charge >= 0.3 is 31.9 Å². The fraction of sp³-hybridized carbons (Fsp3) is 0. The predicted molar refractivity (Wildman–Crippen MR) is 38.4 cm³/mol. The zero-order valence-corrected chi connectivity index (χ0v) is 6.81. The van der Waals surface area contributed by atoms with Crippen molar-refractivity contribution in [1.82, 2.24) is 4.98 Å². The van der Waals surface area contributed by atoms with Gasteiger partial charge in [0.2, 0.25) is 0 Å². The summed E-state index contributed by atoms with van der Waals surface area (Å²) in [5.74, 6) is -0.282. The van der Waals surface area contributed by atoms with Crippen molar-refractivity contribution in [2.45, 2.75) is 0 Å². The van der Waals surface area contributed by atoms with Gasteiger partial charge in [0.25, 0.3) is 0 Å². The summed E-state index contributed by atoms with van der Waals surface area (Å²) in [5.41, 5.74) is 4.64. The van der Waals surface area contributed by atoms with Crippen LogP contribution in [-0.2, 0) is 0 Å². The molecule has 55 valence electrons. The van der Waals surface area contributed by atoms with Crippen LogP contribution in [0.25, 0.3) is 0 Å². The van der Waals surface area contributed by atoms with Gasteiger partial charge < -0.3 is 4.98 Å². The molecule has 1 radical (unpaired) electrons. The Morgan fingerprint density at radius 3 is 2.40 bits per heavy atom. The zero-order valence-electron chi connectivity index (χ0n) is 5.10. The molecule has 0 aliphatic heterocycles. The van der Waals surface area contributed by atoms with Crippen molar-refractivity contribution >= 4 is 20.7 Å². The van der Waals surface area contributed by atoms with Crippen molar-refractivity contribution in [3.05, 3.63) is 24.3 Å². The first-order chi connectivity index (χ1) is 4.63. The van der Waals surface area contributed by atoms with Crippen LogP contribution in [0.4, 0.5) is 4.39 Å². The standard InChI is InChI=1S/C4H4FN.CH3N2Se/c5-4-2-1-3-6-4;2-1(3)4/h1-3,6H;(H3,2,3). The van der Waals surface area contributed by atoms with Gasteiger partial charge in [0.15, 0.2) is 5.95 Å². The van der Waals surface area contributed by atoms with E-state index in [1.54, 1.807) is 6.07 Å². The van der Waals surface area contributed by atoms with Crippen LogP contribution in [0.2, 0.25) is 0 Å². The summed E-state index contributed by atoms with van der Waals surface area (Å²) >= 11 is 2.26. The van der Waals surface area contributed by atoms with Crippen molar-refractivity contribution in [2.24, 2.45) is 5.73 Å². The van der Waals surface area contributed by atoms with Gasteiger partial charge in [-0.25, -0.2) is 0 Å².